The molecule has 1 saturated heterocycles. The van der Waals surface area contributed by atoms with E-state index >= 15 is 0 Å². The third kappa shape index (κ3) is 2.84. The Hall–Kier alpha value is -0.520. The minimum absolute atomic E-state index is 0.0000791. The van der Waals surface area contributed by atoms with E-state index in [9.17, 15) is 5.11 Å². The van der Waals surface area contributed by atoms with Crippen LogP contribution in [0.5, 0.6) is 0 Å². The van der Waals surface area contributed by atoms with Crippen LogP contribution in [0.4, 0.5) is 0 Å². The summed E-state index contributed by atoms with van der Waals surface area (Å²) in [6, 6.07) is 0.451. The average molecular weight is 256 g/mol. The third-order valence-electron chi connectivity index (χ3n) is 3.10. The normalized spacial score (nSPS) is 18.4. The second-order valence-electron chi connectivity index (χ2n) is 4.99. The van der Waals surface area contributed by atoms with Gasteiger partial charge in [0.25, 0.3) is 0 Å². The van der Waals surface area contributed by atoms with Gasteiger partial charge in [0.1, 0.15) is 5.82 Å². The lowest BCUT2D eigenvalue weighted by Gasteiger charge is -2.39. The molecule has 96 valence electrons. The predicted molar refractivity (Wildman–Crippen MR) is 69.1 cm³/mol. The Morgan fingerprint density at radius 1 is 1.59 bits per heavy atom. The number of aromatic nitrogens is 2. The van der Waals surface area contributed by atoms with Gasteiger partial charge in [-0.15, -0.1) is 0 Å². The van der Waals surface area contributed by atoms with Crippen molar-refractivity contribution >= 4 is 11.8 Å². The van der Waals surface area contributed by atoms with Gasteiger partial charge in [-0.25, -0.2) is 4.98 Å². The maximum absolute atomic E-state index is 9.32. The first-order valence-corrected chi connectivity index (χ1v) is 7.10. The molecule has 4 nitrogen and oxygen atoms in total. The lowest BCUT2D eigenvalue weighted by Crippen LogP contribution is -2.47. The summed E-state index contributed by atoms with van der Waals surface area (Å²) in [6.07, 6.45) is 3.87. The molecule has 1 aliphatic heterocycles. The van der Waals surface area contributed by atoms with Gasteiger partial charge < -0.3 is 14.4 Å². The van der Waals surface area contributed by atoms with Crippen molar-refractivity contribution in [2.45, 2.75) is 25.6 Å². The zero-order chi connectivity index (χ0) is 12.3. The smallest absolute Gasteiger partial charge is 0.118 e. The Balaban J connectivity index is 1.83. The van der Waals surface area contributed by atoms with Crippen LogP contribution in [0.25, 0.3) is 0 Å². The molecule has 1 fully saturated rings. The number of aliphatic hydroxyl groups is 1. The molecule has 0 amide bonds. The summed E-state index contributed by atoms with van der Waals surface area (Å²) in [5.41, 5.74) is -0.0000791. The predicted octanol–water partition coefficient (Wildman–Crippen LogP) is 1.71. The molecular formula is C12H20N2O2S. The molecule has 0 bridgehead atoms. The van der Waals surface area contributed by atoms with Crippen molar-refractivity contribution in [2.75, 3.05) is 25.6 Å². The fourth-order valence-corrected chi connectivity index (χ4v) is 3.09. The number of nitrogens with zero attached hydrogens (tertiary/aromatic N) is 2. The highest BCUT2D eigenvalue weighted by atomic mass is 32.2. The van der Waals surface area contributed by atoms with Crippen LogP contribution >= 0.6 is 11.8 Å². The van der Waals surface area contributed by atoms with Crippen LogP contribution in [-0.2, 0) is 10.5 Å². The summed E-state index contributed by atoms with van der Waals surface area (Å²) in [6.45, 7) is 5.92. The fourth-order valence-electron chi connectivity index (χ4n) is 1.90. The van der Waals surface area contributed by atoms with Crippen LogP contribution in [0, 0.1) is 5.41 Å². The van der Waals surface area contributed by atoms with E-state index in [1.54, 1.807) is 0 Å². The quantitative estimate of drug-likeness (QED) is 0.841. The van der Waals surface area contributed by atoms with Gasteiger partial charge in [-0.1, -0.05) is 0 Å². The SMILES string of the molecule is CC(C)n1ccnc1CSCC1(CO)COC1. The van der Waals surface area contributed by atoms with E-state index in [1.807, 2.05) is 24.2 Å². The molecule has 2 heterocycles. The molecule has 0 saturated carbocycles. The average Bonchev–Trinajstić information content (AvgIpc) is 2.70. The highest BCUT2D eigenvalue weighted by Gasteiger charge is 2.37. The molecule has 1 aromatic heterocycles. The highest BCUT2D eigenvalue weighted by molar-refractivity contribution is 7.98. The van der Waals surface area contributed by atoms with Crippen molar-refractivity contribution in [2.24, 2.45) is 5.41 Å². The van der Waals surface area contributed by atoms with E-state index in [2.05, 4.69) is 23.4 Å². The summed E-state index contributed by atoms with van der Waals surface area (Å²) in [4.78, 5) is 4.38. The fraction of sp³-hybridized carbons (Fsp3) is 0.750. The van der Waals surface area contributed by atoms with E-state index in [-0.39, 0.29) is 12.0 Å². The molecule has 0 spiro atoms. The largest absolute Gasteiger partial charge is 0.396 e. The first-order chi connectivity index (χ1) is 8.17. The van der Waals surface area contributed by atoms with Crippen LogP contribution < -0.4 is 0 Å². The molecule has 0 atom stereocenters. The molecule has 0 radical (unpaired) electrons. The number of ether oxygens (including phenoxy) is 1. The van der Waals surface area contributed by atoms with Crippen molar-refractivity contribution in [1.29, 1.82) is 0 Å². The zero-order valence-electron chi connectivity index (χ0n) is 10.4. The van der Waals surface area contributed by atoms with Gasteiger partial charge in [-0.3, -0.25) is 0 Å². The van der Waals surface area contributed by atoms with E-state index < -0.39 is 0 Å². The first kappa shape index (κ1) is 12.9. The summed E-state index contributed by atoms with van der Waals surface area (Å²) < 4.78 is 7.38. The molecule has 1 N–H and O–H groups in total. The zero-order valence-corrected chi connectivity index (χ0v) is 11.2. The Morgan fingerprint density at radius 3 is 2.88 bits per heavy atom. The second-order valence-corrected chi connectivity index (χ2v) is 5.97. The molecule has 0 unspecified atom stereocenters. The summed E-state index contributed by atoms with van der Waals surface area (Å²) in [7, 11) is 0. The number of rotatable bonds is 6. The van der Waals surface area contributed by atoms with Crippen molar-refractivity contribution in [3.8, 4) is 0 Å². The van der Waals surface area contributed by atoms with E-state index in [0.717, 1.165) is 17.3 Å². The Kier molecular flexibility index (Phi) is 4.12. The standard InChI is InChI=1S/C12H20N2O2S/c1-10(2)14-4-3-13-11(14)5-17-9-12(6-15)7-16-8-12/h3-4,10,15H,5-9H2,1-2H3. The van der Waals surface area contributed by atoms with Crippen LogP contribution in [0.2, 0.25) is 0 Å². The van der Waals surface area contributed by atoms with Crippen molar-refractivity contribution in [3.05, 3.63) is 18.2 Å². The molecule has 1 aromatic rings. The van der Waals surface area contributed by atoms with Gasteiger partial charge in [-0.05, 0) is 13.8 Å². The third-order valence-corrected chi connectivity index (χ3v) is 4.38. The second kappa shape index (κ2) is 5.42. The molecule has 0 aliphatic carbocycles. The van der Waals surface area contributed by atoms with Gasteiger partial charge in [0, 0.05) is 29.6 Å². The molecule has 5 heteroatoms. The van der Waals surface area contributed by atoms with Crippen molar-refractivity contribution in [1.82, 2.24) is 9.55 Å². The number of aliphatic hydroxyl groups excluding tert-OH is 1. The van der Waals surface area contributed by atoms with E-state index in [1.165, 1.54) is 0 Å². The highest BCUT2D eigenvalue weighted by Crippen LogP contribution is 2.32. The lowest BCUT2D eigenvalue weighted by molar-refractivity contribution is -0.121. The number of imidazole rings is 1. The maximum atomic E-state index is 9.32. The lowest BCUT2D eigenvalue weighted by atomic mass is 9.90. The Labute approximate surface area is 106 Å². The summed E-state index contributed by atoms with van der Waals surface area (Å²) >= 11 is 1.83. The number of hydrogen-bond donors (Lipinski definition) is 1. The van der Waals surface area contributed by atoms with E-state index in [4.69, 9.17) is 4.74 Å². The molecule has 1 aliphatic rings. The molecular weight excluding hydrogens is 236 g/mol. The number of hydrogen-bond acceptors (Lipinski definition) is 4. The minimum atomic E-state index is -0.0000791. The topological polar surface area (TPSA) is 47.3 Å². The van der Waals surface area contributed by atoms with E-state index in [0.29, 0.717) is 19.3 Å². The van der Waals surface area contributed by atoms with Crippen molar-refractivity contribution in [3.63, 3.8) is 0 Å². The first-order valence-electron chi connectivity index (χ1n) is 5.95. The molecule has 2 rings (SSSR count). The Morgan fingerprint density at radius 2 is 2.35 bits per heavy atom. The van der Waals surface area contributed by atoms with Crippen LogP contribution in [-0.4, -0.2) is 40.2 Å². The van der Waals surface area contributed by atoms with Gasteiger partial charge in [0.05, 0.1) is 25.6 Å². The van der Waals surface area contributed by atoms with Crippen molar-refractivity contribution < 1.29 is 9.84 Å². The minimum Gasteiger partial charge on any atom is -0.396 e. The van der Waals surface area contributed by atoms with Gasteiger partial charge in [0.15, 0.2) is 0 Å². The molecule has 17 heavy (non-hydrogen) atoms. The summed E-state index contributed by atoms with van der Waals surface area (Å²) in [5.74, 6) is 2.94. The maximum Gasteiger partial charge on any atom is 0.118 e. The van der Waals surface area contributed by atoms with Gasteiger partial charge >= 0.3 is 0 Å². The molecule has 0 aromatic carbocycles. The van der Waals surface area contributed by atoms with Crippen LogP contribution in [0.1, 0.15) is 25.7 Å². The van der Waals surface area contributed by atoms with Crippen LogP contribution in [0.3, 0.4) is 0 Å². The van der Waals surface area contributed by atoms with Crippen LogP contribution in [0.15, 0.2) is 12.4 Å². The monoisotopic (exact) mass is 256 g/mol. The summed E-state index contributed by atoms with van der Waals surface area (Å²) in [5, 5.41) is 9.32. The number of thioether (sulfide) groups is 1. The van der Waals surface area contributed by atoms with Gasteiger partial charge in [0.2, 0.25) is 0 Å². The van der Waals surface area contributed by atoms with Gasteiger partial charge in [-0.2, -0.15) is 11.8 Å². The Bertz CT molecular complexity index is 356.